The number of amides is 1. The molecule has 1 fully saturated rings. The number of carbonyl (C=O) groups is 1. The zero-order chi connectivity index (χ0) is 14.5. The fraction of sp³-hybridized carbons (Fsp3) is 0.533. The second-order valence-corrected chi connectivity index (χ2v) is 6.27. The van der Waals surface area contributed by atoms with Gasteiger partial charge in [-0.15, -0.1) is 0 Å². The van der Waals surface area contributed by atoms with Crippen molar-refractivity contribution >= 4 is 21.8 Å². The van der Waals surface area contributed by atoms with E-state index in [1.807, 2.05) is 0 Å². The van der Waals surface area contributed by atoms with Crippen molar-refractivity contribution in [2.75, 3.05) is 26.7 Å². The summed E-state index contributed by atoms with van der Waals surface area (Å²) in [6.07, 6.45) is 3.37. The summed E-state index contributed by atoms with van der Waals surface area (Å²) in [4.78, 5) is 14.3. The molecule has 0 spiro atoms. The van der Waals surface area contributed by atoms with Crippen molar-refractivity contribution in [2.24, 2.45) is 5.92 Å². The Kier molecular flexibility index (Phi) is 5.54. The lowest BCUT2D eigenvalue weighted by Crippen LogP contribution is -2.32. The second-order valence-electron chi connectivity index (χ2n) is 5.42. The number of halogens is 2. The molecule has 5 heteroatoms. The highest BCUT2D eigenvalue weighted by molar-refractivity contribution is 9.10. The third kappa shape index (κ3) is 4.28. The SMILES string of the molecule is CN1CCC(CCNC(=O)c2cc(F)ccc2Br)CC1. The van der Waals surface area contributed by atoms with Crippen molar-refractivity contribution < 1.29 is 9.18 Å². The summed E-state index contributed by atoms with van der Waals surface area (Å²) < 4.78 is 13.8. The molecule has 1 aromatic carbocycles. The molecule has 0 atom stereocenters. The number of nitrogens with zero attached hydrogens (tertiary/aromatic N) is 1. The molecule has 1 aromatic rings. The van der Waals surface area contributed by atoms with Gasteiger partial charge in [-0.2, -0.15) is 0 Å². The van der Waals surface area contributed by atoms with Crippen molar-refractivity contribution in [1.29, 1.82) is 0 Å². The van der Waals surface area contributed by atoms with Crippen LogP contribution in [-0.4, -0.2) is 37.5 Å². The zero-order valence-corrected chi connectivity index (χ0v) is 13.2. The van der Waals surface area contributed by atoms with E-state index >= 15 is 0 Å². The fourth-order valence-electron chi connectivity index (χ4n) is 2.51. The zero-order valence-electron chi connectivity index (χ0n) is 11.7. The van der Waals surface area contributed by atoms with Gasteiger partial charge in [-0.3, -0.25) is 4.79 Å². The lowest BCUT2D eigenvalue weighted by atomic mass is 9.94. The normalized spacial score (nSPS) is 17.1. The number of piperidine rings is 1. The minimum atomic E-state index is -0.395. The molecule has 1 aliphatic rings. The van der Waals surface area contributed by atoms with Crippen LogP contribution in [0.25, 0.3) is 0 Å². The summed E-state index contributed by atoms with van der Waals surface area (Å²) in [6, 6.07) is 4.15. The monoisotopic (exact) mass is 342 g/mol. The summed E-state index contributed by atoms with van der Waals surface area (Å²) in [6.45, 7) is 2.91. The van der Waals surface area contributed by atoms with Crippen molar-refractivity contribution in [2.45, 2.75) is 19.3 Å². The average molecular weight is 343 g/mol. The van der Waals surface area contributed by atoms with Gasteiger partial charge in [0.2, 0.25) is 0 Å². The highest BCUT2D eigenvalue weighted by atomic mass is 79.9. The molecule has 1 heterocycles. The van der Waals surface area contributed by atoms with Gasteiger partial charge in [0.05, 0.1) is 5.56 Å². The smallest absolute Gasteiger partial charge is 0.252 e. The summed E-state index contributed by atoms with van der Waals surface area (Å²) in [5, 5.41) is 2.88. The van der Waals surface area contributed by atoms with E-state index in [1.54, 1.807) is 6.07 Å². The molecule has 0 radical (unpaired) electrons. The minimum Gasteiger partial charge on any atom is -0.352 e. The Balaban J connectivity index is 1.79. The van der Waals surface area contributed by atoms with E-state index < -0.39 is 5.82 Å². The maximum Gasteiger partial charge on any atom is 0.252 e. The Morgan fingerprint density at radius 2 is 2.15 bits per heavy atom. The highest BCUT2D eigenvalue weighted by Gasteiger charge is 2.17. The Bertz CT molecular complexity index is 473. The van der Waals surface area contributed by atoms with Gasteiger partial charge in [0, 0.05) is 11.0 Å². The van der Waals surface area contributed by atoms with Crippen LogP contribution >= 0.6 is 15.9 Å². The van der Waals surface area contributed by atoms with Crippen molar-refractivity contribution in [3.05, 3.63) is 34.1 Å². The molecule has 3 nitrogen and oxygen atoms in total. The van der Waals surface area contributed by atoms with Crippen LogP contribution in [0.1, 0.15) is 29.6 Å². The standard InChI is InChI=1S/C15H20BrFN2O/c1-19-8-5-11(6-9-19)4-7-18-15(20)13-10-12(17)2-3-14(13)16/h2-3,10-11H,4-9H2,1H3,(H,18,20). The van der Waals surface area contributed by atoms with Crippen LogP contribution in [0.4, 0.5) is 4.39 Å². The van der Waals surface area contributed by atoms with Gasteiger partial charge in [-0.1, -0.05) is 0 Å². The van der Waals surface area contributed by atoms with Crippen LogP contribution in [0.15, 0.2) is 22.7 Å². The summed E-state index contributed by atoms with van der Waals surface area (Å²) >= 11 is 3.27. The average Bonchev–Trinajstić information content (AvgIpc) is 2.43. The molecule has 0 unspecified atom stereocenters. The van der Waals surface area contributed by atoms with Gasteiger partial charge in [-0.05, 0) is 79.4 Å². The number of hydrogen-bond donors (Lipinski definition) is 1. The first kappa shape index (κ1) is 15.4. The Morgan fingerprint density at radius 3 is 2.85 bits per heavy atom. The molecule has 20 heavy (non-hydrogen) atoms. The van der Waals surface area contributed by atoms with Gasteiger partial charge in [0.1, 0.15) is 5.82 Å². The molecule has 1 saturated heterocycles. The first-order chi connectivity index (χ1) is 9.56. The molecule has 0 aromatic heterocycles. The van der Waals surface area contributed by atoms with Crippen LogP contribution in [0.3, 0.4) is 0 Å². The number of nitrogens with one attached hydrogen (secondary N) is 1. The lowest BCUT2D eigenvalue weighted by molar-refractivity contribution is 0.0947. The molecule has 1 aliphatic heterocycles. The Hall–Kier alpha value is -0.940. The van der Waals surface area contributed by atoms with Crippen LogP contribution in [-0.2, 0) is 0 Å². The maximum absolute atomic E-state index is 13.2. The summed E-state index contributed by atoms with van der Waals surface area (Å²) in [7, 11) is 2.14. The summed E-state index contributed by atoms with van der Waals surface area (Å²) in [5.41, 5.74) is 0.355. The van der Waals surface area contributed by atoms with E-state index in [-0.39, 0.29) is 5.91 Å². The molecule has 2 rings (SSSR count). The molecule has 0 saturated carbocycles. The van der Waals surface area contributed by atoms with Gasteiger partial charge in [-0.25, -0.2) is 4.39 Å². The van der Waals surface area contributed by atoms with E-state index in [4.69, 9.17) is 0 Å². The molecule has 0 aliphatic carbocycles. The van der Waals surface area contributed by atoms with E-state index in [2.05, 4.69) is 33.2 Å². The molecule has 1 amide bonds. The number of likely N-dealkylation sites (tertiary alicyclic amines) is 1. The van der Waals surface area contributed by atoms with E-state index in [0.717, 1.165) is 19.5 Å². The molecule has 1 N–H and O–H groups in total. The topological polar surface area (TPSA) is 32.3 Å². The molecular formula is C15H20BrFN2O. The Labute approximate surface area is 127 Å². The maximum atomic E-state index is 13.2. The van der Waals surface area contributed by atoms with Crippen molar-refractivity contribution in [3.8, 4) is 0 Å². The quantitative estimate of drug-likeness (QED) is 0.911. The molecular weight excluding hydrogens is 323 g/mol. The number of carbonyl (C=O) groups excluding carboxylic acids is 1. The molecule has 110 valence electrons. The fourth-order valence-corrected chi connectivity index (χ4v) is 2.93. The van der Waals surface area contributed by atoms with E-state index in [0.29, 0.717) is 22.5 Å². The number of rotatable bonds is 4. The third-order valence-electron chi connectivity index (χ3n) is 3.85. The lowest BCUT2D eigenvalue weighted by Gasteiger charge is -2.28. The van der Waals surface area contributed by atoms with Crippen LogP contribution in [0.2, 0.25) is 0 Å². The highest BCUT2D eigenvalue weighted by Crippen LogP contribution is 2.20. The van der Waals surface area contributed by atoms with E-state index in [9.17, 15) is 9.18 Å². The predicted molar refractivity (Wildman–Crippen MR) is 81.3 cm³/mol. The van der Waals surface area contributed by atoms with Gasteiger partial charge >= 0.3 is 0 Å². The van der Waals surface area contributed by atoms with Crippen LogP contribution in [0.5, 0.6) is 0 Å². The largest absolute Gasteiger partial charge is 0.352 e. The van der Waals surface area contributed by atoms with Crippen molar-refractivity contribution in [1.82, 2.24) is 10.2 Å². The predicted octanol–water partition coefficient (Wildman–Crippen LogP) is 3.05. The van der Waals surface area contributed by atoms with Gasteiger partial charge in [0.25, 0.3) is 5.91 Å². The van der Waals surface area contributed by atoms with E-state index in [1.165, 1.54) is 25.0 Å². The second kappa shape index (κ2) is 7.18. The number of hydrogen-bond acceptors (Lipinski definition) is 2. The Morgan fingerprint density at radius 1 is 1.45 bits per heavy atom. The van der Waals surface area contributed by atoms with Crippen molar-refractivity contribution in [3.63, 3.8) is 0 Å². The first-order valence-electron chi connectivity index (χ1n) is 6.98. The van der Waals surface area contributed by atoms with Crippen LogP contribution < -0.4 is 5.32 Å². The van der Waals surface area contributed by atoms with Gasteiger partial charge in [0.15, 0.2) is 0 Å². The number of benzene rings is 1. The third-order valence-corrected chi connectivity index (χ3v) is 4.54. The van der Waals surface area contributed by atoms with Gasteiger partial charge < -0.3 is 10.2 Å². The van der Waals surface area contributed by atoms with Crippen LogP contribution in [0, 0.1) is 11.7 Å². The first-order valence-corrected chi connectivity index (χ1v) is 7.77. The molecule has 0 bridgehead atoms. The summed E-state index contributed by atoms with van der Waals surface area (Å²) in [5.74, 6) is 0.0698. The minimum absolute atomic E-state index is 0.218.